The van der Waals surface area contributed by atoms with Gasteiger partial charge in [0.25, 0.3) is 0 Å². The number of nitrogens with one attached hydrogen (secondary N) is 1. The topological polar surface area (TPSA) is 60.2 Å². The van der Waals surface area contributed by atoms with Crippen molar-refractivity contribution in [3.63, 3.8) is 0 Å². The quantitative estimate of drug-likeness (QED) is 0.882. The molecule has 2 aromatic rings. The minimum Gasteiger partial charge on any atom is -0.485 e. The molecule has 0 radical (unpaired) electrons. The van der Waals surface area contributed by atoms with Gasteiger partial charge in [-0.3, -0.25) is 0 Å². The van der Waals surface area contributed by atoms with Crippen LogP contribution in [0.15, 0.2) is 29.1 Å². The fourth-order valence-corrected chi connectivity index (χ4v) is 1.98. The number of nitrogens with zero attached hydrogens (tertiary/aromatic N) is 2. The molecule has 6 heteroatoms. The molecule has 0 aliphatic rings. The Hall–Kier alpha value is -1.59. The standard InChI is InChI=1S/C13H16ClN3O2/c1-3-15-9(2)11-6-10(14)4-5-12(11)18-7-13-16-8-19-17-13/h4-6,8-9,15H,3,7H2,1-2H3. The first-order valence-corrected chi connectivity index (χ1v) is 6.49. The number of ether oxygens (including phenoxy) is 1. The van der Waals surface area contributed by atoms with Gasteiger partial charge in [0.2, 0.25) is 12.2 Å². The van der Waals surface area contributed by atoms with Gasteiger partial charge in [-0.25, -0.2) is 0 Å². The van der Waals surface area contributed by atoms with Gasteiger partial charge >= 0.3 is 0 Å². The third-order valence-corrected chi connectivity index (χ3v) is 2.95. The Morgan fingerprint density at radius 3 is 3.00 bits per heavy atom. The number of aromatic nitrogens is 2. The molecule has 1 atom stereocenters. The van der Waals surface area contributed by atoms with Gasteiger partial charge in [0.05, 0.1) is 0 Å². The van der Waals surface area contributed by atoms with E-state index in [1.54, 1.807) is 6.07 Å². The maximum absolute atomic E-state index is 6.04. The van der Waals surface area contributed by atoms with Crippen molar-refractivity contribution in [2.45, 2.75) is 26.5 Å². The Morgan fingerprint density at radius 2 is 2.32 bits per heavy atom. The lowest BCUT2D eigenvalue weighted by molar-refractivity contribution is 0.281. The average molecular weight is 282 g/mol. The summed E-state index contributed by atoms with van der Waals surface area (Å²) in [5.41, 5.74) is 1.01. The summed E-state index contributed by atoms with van der Waals surface area (Å²) in [6.45, 7) is 5.26. The summed E-state index contributed by atoms with van der Waals surface area (Å²) in [5, 5.41) is 7.73. The van der Waals surface area contributed by atoms with Crippen LogP contribution in [0, 0.1) is 0 Å². The van der Waals surface area contributed by atoms with Crippen molar-refractivity contribution >= 4 is 11.6 Å². The van der Waals surface area contributed by atoms with Crippen molar-refractivity contribution in [1.82, 2.24) is 15.5 Å². The van der Waals surface area contributed by atoms with Crippen molar-refractivity contribution in [3.05, 3.63) is 41.0 Å². The molecule has 0 bridgehead atoms. The van der Waals surface area contributed by atoms with E-state index in [0.29, 0.717) is 10.8 Å². The highest BCUT2D eigenvalue weighted by molar-refractivity contribution is 6.30. The van der Waals surface area contributed by atoms with E-state index in [0.717, 1.165) is 17.9 Å². The summed E-state index contributed by atoms with van der Waals surface area (Å²) in [6, 6.07) is 5.71. The lowest BCUT2D eigenvalue weighted by Crippen LogP contribution is -2.18. The van der Waals surface area contributed by atoms with Crippen LogP contribution in [0.2, 0.25) is 5.02 Å². The molecule has 102 valence electrons. The maximum atomic E-state index is 6.04. The van der Waals surface area contributed by atoms with Gasteiger partial charge in [-0.1, -0.05) is 23.7 Å². The maximum Gasteiger partial charge on any atom is 0.213 e. The molecule has 0 spiro atoms. The lowest BCUT2D eigenvalue weighted by Gasteiger charge is -2.17. The molecule has 0 fully saturated rings. The molecule has 2 rings (SSSR count). The zero-order valence-corrected chi connectivity index (χ0v) is 11.6. The zero-order chi connectivity index (χ0) is 13.7. The second kappa shape index (κ2) is 6.54. The number of hydrogen-bond acceptors (Lipinski definition) is 5. The van der Waals surface area contributed by atoms with Gasteiger partial charge in [0.15, 0.2) is 6.61 Å². The molecule has 0 saturated heterocycles. The Morgan fingerprint density at radius 1 is 1.47 bits per heavy atom. The minimum atomic E-state index is 0.156. The van der Waals surface area contributed by atoms with E-state index in [1.165, 1.54) is 6.39 Å². The molecule has 1 N–H and O–H groups in total. The molecular formula is C13H16ClN3O2. The number of hydrogen-bond donors (Lipinski definition) is 1. The molecule has 0 saturated carbocycles. The summed E-state index contributed by atoms with van der Waals surface area (Å²) < 4.78 is 10.4. The van der Waals surface area contributed by atoms with Crippen LogP contribution in [-0.4, -0.2) is 16.7 Å². The van der Waals surface area contributed by atoms with E-state index in [2.05, 4.69) is 33.8 Å². The van der Waals surface area contributed by atoms with Gasteiger partial charge in [0, 0.05) is 16.6 Å². The van der Waals surface area contributed by atoms with Crippen molar-refractivity contribution < 1.29 is 9.26 Å². The number of benzene rings is 1. The molecule has 19 heavy (non-hydrogen) atoms. The summed E-state index contributed by atoms with van der Waals surface area (Å²) >= 11 is 6.04. The largest absolute Gasteiger partial charge is 0.485 e. The highest BCUT2D eigenvalue weighted by Gasteiger charge is 2.12. The summed E-state index contributed by atoms with van der Waals surface area (Å²) in [4.78, 5) is 3.92. The van der Waals surface area contributed by atoms with Gasteiger partial charge in [-0.05, 0) is 31.7 Å². The smallest absolute Gasteiger partial charge is 0.213 e. The van der Waals surface area contributed by atoms with Crippen molar-refractivity contribution in [2.75, 3.05) is 6.54 Å². The average Bonchev–Trinajstić information content (AvgIpc) is 2.90. The zero-order valence-electron chi connectivity index (χ0n) is 10.9. The van der Waals surface area contributed by atoms with Gasteiger partial charge < -0.3 is 14.6 Å². The molecule has 0 amide bonds. The van der Waals surface area contributed by atoms with Crippen LogP contribution >= 0.6 is 11.6 Å². The highest BCUT2D eigenvalue weighted by Crippen LogP contribution is 2.28. The molecule has 1 aromatic heterocycles. The molecular weight excluding hydrogens is 266 g/mol. The lowest BCUT2D eigenvalue weighted by atomic mass is 10.1. The Labute approximate surface area is 116 Å². The Bertz CT molecular complexity index is 517. The van der Waals surface area contributed by atoms with Gasteiger partial charge in [-0.2, -0.15) is 4.98 Å². The second-order valence-corrected chi connectivity index (χ2v) is 4.53. The van der Waals surface area contributed by atoms with E-state index < -0.39 is 0 Å². The molecule has 1 unspecified atom stereocenters. The van der Waals surface area contributed by atoms with Crippen LogP contribution < -0.4 is 10.1 Å². The monoisotopic (exact) mass is 281 g/mol. The van der Waals surface area contributed by atoms with Crippen molar-refractivity contribution in [2.24, 2.45) is 0 Å². The molecule has 0 aliphatic carbocycles. The van der Waals surface area contributed by atoms with Crippen LogP contribution in [0.3, 0.4) is 0 Å². The minimum absolute atomic E-state index is 0.156. The third kappa shape index (κ3) is 3.68. The fraction of sp³-hybridized carbons (Fsp3) is 0.385. The van der Waals surface area contributed by atoms with Crippen LogP contribution in [0.4, 0.5) is 0 Å². The fourth-order valence-electron chi connectivity index (χ4n) is 1.80. The predicted molar refractivity (Wildman–Crippen MR) is 72.2 cm³/mol. The van der Waals surface area contributed by atoms with E-state index >= 15 is 0 Å². The predicted octanol–water partition coefficient (Wildman–Crippen LogP) is 2.97. The van der Waals surface area contributed by atoms with E-state index in [9.17, 15) is 0 Å². The molecule has 1 aromatic carbocycles. The Kier molecular flexibility index (Phi) is 4.76. The van der Waals surface area contributed by atoms with E-state index in [1.807, 2.05) is 12.1 Å². The van der Waals surface area contributed by atoms with Crippen molar-refractivity contribution in [3.8, 4) is 5.75 Å². The highest BCUT2D eigenvalue weighted by atomic mass is 35.5. The Balaban J connectivity index is 2.14. The third-order valence-electron chi connectivity index (χ3n) is 2.71. The number of rotatable bonds is 6. The first kappa shape index (κ1) is 13.8. The van der Waals surface area contributed by atoms with E-state index in [-0.39, 0.29) is 12.6 Å². The first-order chi connectivity index (χ1) is 9.20. The number of halogens is 1. The molecule has 5 nitrogen and oxygen atoms in total. The molecule has 0 aliphatic heterocycles. The van der Waals surface area contributed by atoms with Crippen LogP contribution in [0.5, 0.6) is 5.75 Å². The van der Waals surface area contributed by atoms with Gasteiger partial charge in [0.1, 0.15) is 5.75 Å². The summed E-state index contributed by atoms with van der Waals surface area (Å²) in [6.07, 6.45) is 1.28. The van der Waals surface area contributed by atoms with Gasteiger partial charge in [-0.15, -0.1) is 0 Å². The molecule has 1 heterocycles. The van der Waals surface area contributed by atoms with Crippen LogP contribution in [0.25, 0.3) is 0 Å². The normalized spacial score (nSPS) is 12.4. The summed E-state index contributed by atoms with van der Waals surface area (Å²) in [5.74, 6) is 1.28. The van der Waals surface area contributed by atoms with E-state index in [4.69, 9.17) is 16.3 Å². The van der Waals surface area contributed by atoms with Crippen LogP contribution in [-0.2, 0) is 6.61 Å². The summed E-state index contributed by atoms with van der Waals surface area (Å²) in [7, 11) is 0. The second-order valence-electron chi connectivity index (χ2n) is 4.10. The van der Waals surface area contributed by atoms with Crippen molar-refractivity contribution in [1.29, 1.82) is 0 Å². The first-order valence-electron chi connectivity index (χ1n) is 6.11. The van der Waals surface area contributed by atoms with Crippen LogP contribution in [0.1, 0.15) is 31.3 Å². The SMILES string of the molecule is CCNC(C)c1cc(Cl)ccc1OCc1ncon1.